The van der Waals surface area contributed by atoms with Gasteiger partial charge >= 0.3 is 6.18 Å². The zero-order valence-corrected chi connectivity index (χ0v) is 14.4. The molecule has 0 radical (unpaired) electrons. The van der Waals surface area contributed by atoms with Crippen LogP contribution in [-0.2, 0) is 11.0 Å². The van der Waals surface area contributed by atoms with Gasteiger partial charge < -0.3 is 16.4 Å². The maximum absolute atomic E-state index is 12.9. The summed E-state index contributed by atoms with van der Waals surface area (Å²) in [5.41, 5.74) is 3.99. The number of alkyl halides is 3. The van der Waals surface area contributed by atoms with Gasteiger partial charge in [-0.1, -0.05) is 6.07 Å². The average Bonchev–Trinajstić information content (AvgIpc) is 3.44. The predicted octanol–water partition coefficient (Wildman–Crippen LogP) is 2.06. The maximum Gasteiger partial charge on any atom is 0.433 e. The SMILES string of the molecule is CC(Nc1nc(NCC(N)=O)nc(-c2cccc(C(F)(F)F)n2)n1)C1CC1. The third kappa shape index (κ3) is 5.02. The monoisotopic (exact) mass is 381 g/mol. The Balaban J connectivity index is 1.94. The Labute approximate surface area is 152 Å². The third-order valence-corrected chi connectivity index (χ3v) is 4.01. The Morgan fingerprint density at radius 2 is 1.93 bits per heavy atom. The van der Waals surface area contributed by atoms with Crippen LogP contribution < -0.4 is 16.4 Å². The van der Waals surface area contributed by atoms with E-state index in [1.54, 1.807) is 0 Å². The van der Waals surface area contributed by atoms with Gasteiger partial charge in [0.05, 0.1) is 6.54 Å². The molecule has 8 nitrogen and oxygen atoms in total. The zero-order chi connectivity index (χ0) is 19.6. The fraction of sp³-hybridized carbons (Fsp3) is 0.438. The van der Waals surface area contributed by atoms with Crippen LogP contribution in [0.3, 0.4) is 0 Å². The number of carbonyl (C=O) groups excluding carboxylic acids is 1. The molecule has 4 N–H and O–H groups in total. The lowest BCUT2D eigenvalue weighted by molar-refractivity contribution is -0.141. The number of hydrogen-bond donors (Lipinski definition) is 3. The highest BCUT2D eigenvalue weighted by Gasteiger charge is 2.33. The first kappa shape index (κ1) is 18.8. The Bertz CT molecular complexity index is 839. The minimum atomic E-state index is -4.59. The second-order valence-corrected chi connectivity index (χ2v) is 6.30. The lowest BCUT2D eigenvalue weighted by Crippen LogP contribution is -2.24. The molecular formula is C16H18F3N7O. The van der Waals surface area contributed by atoms with Crippen LogP contribution in [-0.4, -0.2) is 38.4 Å². The Morgan fingerprint density at radius 1 is 1.22 bits per heavy atom. The van der Waals surface area contributed by atoms with Crippen LogP contribution in [0, 0.1) is 5.92 Å². The zero-order valence-electron chi connectivity index (χ0n) is 14.4. The standard InChI is InChI=1S/C16H18F3N7O/c1-8(9-5-6-9)22-15-25-13(24-14(26-15)21-7-12(20)27)10-3-2-4-11(23-10)16(17,18)19/h2-4,8-9H,5-7H2,1H3,(H2,20,27)(H2,21,22,24,25,26). The topological polar surface area (TPSA) is 119 Å². The second-order valence-electron chi connectivity index (χ2n) is 6.30. The van der Waals surface area contributed by atoms with Crippen molar-refractivity contribution >= 4 is 17.8 Å². The van der Waals surface area contributed by atoms with E-state index in [1.165, 1.54) is 12.1 Å². The number of nitrogens with two attached hydrogens (primary N) is 1. The number of amides is 1. The van der Waals surface area contributed by atoms with Gasteiger partial charge in [-0.15, -0.1) is 0 Å². The highest BCUT2D eigenvalue weighted by molar-refractivity contribution is 5.78. The van der Waals surface area contributed by atoms with E-state index in [0.717, 1.165) is 18.9 Å². The van der Waals surface area contributed by atoms with Crippen molar-refractivity contribution in [1.29, 1.82) is 0 Å². The van der Waals surface area contributed by atoms with E-state index < -0.39 is 17.8 Å². The molecule has 1 saturated carbocycles. The van der Waals surface area contributed by atoms with Gasteiger partial charge in [0, 0.05) is 6.04 Å². The lowest BCUT2D eigenvalue weighted by atomic mass is 10.2. The minimum Gasteiger partial charge on any atom is -0.368 e. The van der Waals surface area contributed by atoms with Crippen LogP contribution in [0.2, 0.25) is 0 Å². The average molecular weight is 381 g/mol. The quantitative estimate of drug-likeness (QED) is 0.672. The first-order chi connectivity index (χ1) is 12.7. The summed E-state index contributed by atoms with van der Waals surface area (Å²) in [5.74, 6) is 0.0246. The second kappa shape index (κ2) is 7.33. The van der Waals surface area contributed by atoms with Crippen molar-refractivity contribution < 1.29 is 18.0 Å². The maximum atomic E-state index is 12.9. The Hall–Kier alpha value is -2.98. The van der Waals surface area contributed by atoms with Crippen molar-refractivity contribution in [2.75, 3.05) is 17.2 Å². The molecule has 1 amide bonds. The van der Waals surface area contributed by atoms with E-state index in [-0.39, 0.29) is 36.0 Å². The van der Waals surface area contributed by atoms with Crippen molar-refractivity contribution in [3.63, 3.8) is 0 Å². The summed E-state index contributed by atoms with van der Waals surface area (Å²) in [6.07, 6.45) is -2.40. The number of carbonyl (C=O) groups is 1. The predicted molar refractivity (Wildman–Crippen MR) is 91.6 cm³/mol. The number of anilines is 2. The molecule has 0 spiro atoms. The number of primary amides is 1. The molecule has 1 atom stereocenters. The summed E-state index contributed by atoms with van der Waals surface area (Å²) in [4.78, 5) is 27.0. The number of hydrogen-bond acceptors (Lipinski definition) is 7. The number of halogens is 3. The van der Waals surface area contributed by atoms with Crippen molar-refractivity contribution in [2.24, 2.45) is 11.7 Å². The molecule has 144 valence electrons. The molecule has 0 aromatic carbocycles. The molecule has 0 bridgehead atoms. The summed E-state index contributed by atoms with van der Waals surface area (Å²) in [7, 11) is 0. The molecule has 0 aliphatic heterocycles. The van der Waals surface area contributed by atoms with Gasteiger partial charge in [-0.2, -0.15) is 28.1 Å². The van der Waals surface area contributed by atoms with Crippen LogP contribution in [0.1, 0.15) is 25.5 Å². The van der Waals surface area contributed by atoms with Gasteiger partial charge in [0.25, 0.3) is 0 Å². The van der Waals surface area contributed by atoms with E-state index in [1.807, 2.05) is 6.92 Å². The molecular weight excluding hydrogens is 363 g/mol. The van der Waals surface area contributed by atoms with Gasteiger partial charge in [-0.05, 0) is 37.8 Å². The summed E-state index contributed by atoms with van der Waals surface area (Å²) in [6, 6.07) is 3.56. The molecule has 1 unspecified atom stereocenters. The van der Waals surface area contributed by atoms with E-state index in [9.17, 15) is 18.0 Å². The van der Waals surface area contributed by atoms with E-state index >= 15 is 0 Å². The van der Waals surface area contributed by atoms with Crippen LogP contribution in [0.15, 0.2) is 18.2 Å². The number of aromatic nitrogens is 4. The first-order valence-electron chi connectivity index (χ1n) is 8.32. The minimum absolute atomic E-state index is 0.0171. The highest BCUT2D eigenvalue weighted by atomic mass is 19.4. The van der Waals surface area contributed by atoms with Crippen LogP contribution in [0.4, 0.5) is 25.1 Å². The normalized spacial score (nSPS) is 15.3. The van der Waals surface area contributed by atoms with E-state index in [0.29, 0.717) is 5.92 Å². The number of pyridine rings is 1. The van der Waals surface area contributed by atoms with Crippen molar-refractivity contribution in [1.82, 2.24) is 19.9 Å². The smallest absolute Gasteiger partial charge is 0.368 e. The molecule has 1 aliphatic carbocycles. The molecule has 11 heteroatoms. The summed E-state index contributed by atoms with van der Waals surface area (Å²) in [5, 5.41) is 5.75. The van der Waals surface area contributed by atoms with E-state index in [4.69, 9.17) is 5.73 Å². The largest absolute Gasteiger partial charge is 0.433 e. The van der Waals surface area contributed by atoms with Crippen LogP contribution >= 0.6 is 0 Å². The molecule has 2 heterocycles. The molecule has 1 fully saturated rings. The first-order valence-corrected chi connectivity index (χ1v) is 8.32. The van der Waals surface area contributed by atoms with Gasteiger partial charge in [-0.25, -0.2) is 4.98 Å². The van der Waals surface area contributed by atoms with Gasteiger partial charge in [0.15, 0.2) is 5.82 Å². The Kier molecular flexibility index (Phi) is 5.10. The van der Waals surface area contributed by atoms with Gasteiger partial charge in [-0.3, -0.25) is 4.79 Å². The van der Waals surface area contributed by atoms with Crippen molar-refractivity contribution in [3.05, 3.63) is 23.9 Å². The number of nitrogens with zero attached hydrogens (tertiary/aromatic N) is 4. The number of rotatable bonds is 7. The van der Waals surface area contributed by atoms with Crippen molar-refractivity contribution in [2.45, 2.75) is 32.0 Å². The van der Waals surface area contributed by atoms with Crippen molar-refractivity contribution in [3.8, 4) is 11.5 Å². The summed E-state index contributed by atoms with van der Waals surface area (Å²) < 4.78 is 38.8. The summed E-state index contributed by atoms with van der Waals surface area (Å²) >= 11 is 0. The molecule has 0 saturated heterocycles. The summed E-state index contributed by atoms with van der Waals surface area (Å²) in [6.45, 7) is 1.75. The molecule has 3 rings (SSSR count). The molecule has 2 aromatic heterocycles. The van der Waals surface area contributed by atoms with Gasteiger partial charge in [0.2, 0.25) is 17.8 Å². The number of nitrogens with one attached hydrogen (secondary N) is 2. The highest BCUT2D eigenvalue weighted by Crippen LogP contribution is 2.34. The van der Waals surface area contributed by atoms with Gasteiger partial charge in [0.1, 0.15) is 11.4 Å². The molecule has 2 aromatic rings. The third-order valence-electron chi connectivity index (χ3n) is 4.01. The molecule has 1 aliphatic rings. The fourth-order valence-electron chi connectivity index (χ4n) is 2.44. The Morgan fingerprint density at radius 3 is 2.56 bits per heavy atom. The van der Waals surface area contributed by atoms with Crippen LogP contribution in [0.25, 0.3) is 11.5 Å². The lowest BCUT2D eigenvalue weighted by Gasteiger charge is -2.14. The fourth-order valence-corrected chi connectivity index (χ4v) is 2.44. The van der Waals surface area contributed by atoms with E-state index in [2.05, 4.69) is 30.6 Å². The molecule has 27 heavy (non-hydrogen) atoms. The van der Waals surface area contributed by atoms with Crippen LogP contribution in [0.5, 0.6) is 0 Å².